The lowest BCUT2D eigenvalue weighted by atomic mass is 10.1. The van der Waals surface area contributed by atoms with Crippen molar-refractivity contribution < 1.29 is 13.5 Å². The Bertz CT molecular complexity index is 764. The Balaban J connectivity index is 2.11. The highest BCUT2D eigenvalue weighted by atomic mass is 32.1. The van der Waals surface area contributed by atoms with Crippen LogP contribution in [0.4, 0.5) is 8.78 Å². The molecule has 20 heavy (non-hydrogen) atoms. The van der Waals surface area contributed by atoms with E-state index in [1.165, 1.54) is 10.9 Å². The molecule has 3 rings (SSSR count). The van der Waals surface area contributed by atoms with Gasteiger partial charge >= 0.3 is 6.61 Å². The third-order valence-electron chi connectivity index (χ3n) is 3.17. The van der Waals surface area contributed by atoms with E-state index in [1.807, 2.05) is 24.4 Å². The van der Waals surface area contributed by atoms with Crippen LogP contribution in [0.3, 0.4) is 0 Å². The average Bonchev–Trinajstić information content (AvgIpc) is 2.91. The van der Waals surface area contributed by atoms with Crippen molar-refractivity contribution >= 4 is 16.3 Å². The van der Waals surface area contributed by atoms with Crippen LogP contribution in [0.25, 0.3) is 16.2 Å². The van der Waals surface area contributed by atoms with E-state index in [0.29, 0.717) is 11.3 Å². The Morgan fingerprint density at radius 1 is 1.25 bits per heavy atom. The second-order valence-corrected chi connectivity index (χ2v) is 5.58. The Labute approximate surface area is 118 Å². The molecule has 3 aromatic rings. The molecule has 0 bridgehead atoms. The van der Waals surface area contributed by atoms with Gasteiger partial charge in [0.1, 0.15) is 5.75 Å². The van der Waals surface area contributed by atoms with Crippen molar-refractivity contribution in [2.75, 3.05) is 0 Å². The maximum absolute atomic E-state index is 12.4. The number of hydrogen-bond acceptors (Lipinski definition) is 3. The molecule has 0 aliphatic heterocycles. The fourth-order valence-electron chi connectivity index (χ4n) is 2.06. The van der Waals surface area contributed by atoms with Crippen LogP contribution in [0.2, 0.25) is 0 Å². The highest BCUT2D eigenvalue weighted by molar-refractivity contribution is 7.17. The number of aromatic nitrogens is 2. The van der Waals surface area contributed by atoms with Gasteiger partial charge in [0, 0.05) is 22.3 Å². The fourth-order valence-corrected chi connectivity index (χ4v) is 3.01. The predicted octanol–water partition coefficient (Wildman–Crippen LogP) is 4.28. The van der Waals surface area contributed by atoms with Gasteiger partial charge in [-0.1, -0.05) is 12.1 Å². The van der Waals surface area contributed by atoms with Gasteiger partial charge in [-0.25, -0.2) is 4.98 Å². The van der Waals surface area contributed by atoms with Gasteiger partial charge in [0.2, 0.25) is 0 Å². The van der Waals surface area contributed by atoms with Gasteiger partial charge in [-0.3, -0.25) is 4.40 Å². The topological polar surface area (TPSA) is 26.5 Å². The van der Waals surface area contributed by atoms with Gasteiger partial charge in [0.05, 0.1) is 5.69 Å². The number of ether oxygens (including phenoxy) is 1. The van der Waals surface area contributed by atoms with Crippen LogP contribution in [-0.4, -0.2) is 16.0 Å². The minimum Gasteiger partial charge on any atom is -0.434 e. The van der Waals surface area contributed by atoms with E-state index in [2.05, 4.69) is 9.72 Å². The van der Waals surface area contributed by atoms with E-state index < -0.39 is 6.61 Å². The van der Waals surface area contributed by atoms with Gasteiger partial charge in [0.15, 0.2) is 4.96 Å². The zero-order valence-corrected chi connectivity index (χ0v) is 11.7. The quantitative estimate of drug-likeness (QED) is 0.720. The standard InChI is InChI=1S/C14H12F2N2OS/c1-8-9(2)20-14-17-11(7-18(8)14)10-5-3-4-6-12(10)19-13(15)16/h3-7,13H,1-2H3. The molecule has 0 aliphatic rings. The number of rotatable bonds is 3. The lowest BCUT2D eigenvalue weighted by Crippen LogP contribution is -2.03. The van der Waals surface area contributed by atoms with Crippen molar-refractivity contribution in [3.05, 3.63) is 41.0 Å². The summed E-state index contributed by atoms with van der Waals surface area (Å²) in [5.74, 6) is 0.141. The first-order chi connectivity index (χ1) is 9.56. The molecule has 2 heterocycles. The molecule has 0 saturated carbocycles. The zero-order valence-electron chi connectivity index (χ0n) is 10.9. The first-order valence-corrected chi connectivity index (χ1v) is 6.87. The number of para-hydroxylation sites is 1. The summed E-state index contributed by atoms with van der Waals surface area (Å²) < 4.78 is 31.4. The first kappa shape index (κ1) is 13.1. The summed E-state index contributed by atoms with van der Waals surface area (Å²) in [6, 6.07) is 6.69. The predicted molar refractivity (Wildman–Crippen MR) is 74.6 cm³/mol. The molecule has 0 spiro atoms. The Kier molecular flexibility index (Phi) is 3.17. The van der Waals surface area contributed by atoms with E-state index in [-0.39, 0.29) is 5.75 Å². The second-order valence-electron chi connectivity index (χ2n) is 4.40. The number of nitrogens with zero attached hydrogens (tertiary/aromatic N) is 2. The summed E-state index contributed by atoms with van der Waals surface area (Å²) in [6.45, 7) is 1.19. The Hall–Kier alpha value is -1.95. The smallest absolute Gasteiger partial charge is 0.387 e. The molecule has 0 N–H and O–H groups in total. The molecule has 2 aromatic heterocycles. The monoisotopic (exact) mass is 294 g/mol. The van der Waals surface area contributed by atoms with Gasteiger partial charge in [0.25, 0.3) is 0 Å². The SMILES string of the molecule is Cc1sc2nc(-c3ccccc3OC(F)F)cn2c1C. The highest BCUT2D eigenvalue weighted by Gasteiger charge is 2.15. The molecule has 104 valence electrons. The molecule has 3 nitrogen and oxygen atoms in total. The van der Waals surface area contributed by atoms with Crippen molar-refractivity contribution in [1.29, 1.82) is 0 Å². The zero-order chi connectivity index (χ0) is 14.3. The molecular weight excluding hydrogens is 282 g/mol. The van der Waals surface area contributed by atoms with Crippen LogP contribution in [0.15, 0.2) is 30.5 Å². The van der Waals surface area contributed by atoms with E-state index in [1.54, 1.807) is 29.5 Å². The summed E-state index contributed by atoms with van der Waals surface area (Å²) in [6.07, 6.45) is 1.85. The number of aryl methyl sites for hydroxylation is 2. The van der Waals surface area contributed by atoms with E-state index in [9.17, 15) is 8.78 Å². The van der Waals surface area contributed by atoms with Crippen LogP contribution in [-0.2, 0) is 0 Å². The van der Waals surface area contributed by atoms with Crippen molar-refractivity contribution in [2.45, 2.75) is 20.5 Å². The van der Waals surface area contributed by atoms with Crippen molar-refractivity contribution in [1.82, 2.24) is 9.38 Å². The van der Waals surface area contributed by atoms with Crippen LogP contribution >= 0.6 is 11.3 Å². The fraction of sp³-hybridized carbons (Fsp3) is 0.214. The van der Waals surface area contributed by atoms with Gasteiger partial charge in [-0.15, -0.1) is 11.3 Å². The van der Waals surface area contributed by atoms with Crippen molar-refractivity contribution in [2.24, 2.45) is 0 Å². The van der Waals surface area contributed by atoms with Crippen LogP contribution < -0.4 is 4.74 Å². The molecule has 0 saturated heterocycles. The van der Waals surface area contributed by atoms with Gasteiger partial charge in [-0.05, 0) is 26.0 Å². The number of halogens is 2. The summed E-state index contributed by atoms with van der Waals surface area (Å²) in [5.41, 5.74) is 2.31. The number of alkyl halides is 2. The number of imidazole rings is 1. The van der Waals surface area contributed by atoms with Crippen molar-refractivity contribution in [3.8, 4) is 17.0 Å². The number of benzene rings is 1. The lowest BCUT2D eigenvalue weighted by Gasteiger charge is -2.08. The molecule has 0 aliphatic carbocycles. The Morgan fingerprint density at radius 2 is 2.00 bits per heavy atom. The van der Waals surface area contributed by atoms with Crippen molar-refractivity contribution in [3.63, 3.8) is 0 Å². The Morgan fingerprint density at radius 3 is 2.70 bits per heavy atom. The van der Waals surface area contributed by atoms with Crippen LogP contribution in [0.5, 0.6) is 5.75 Å². The molecule has 0 fully saturated rings. The summed E-state index contributed by atoms with van der Waals surface area (Å²) in [7, 11) is 0. The van der Waals surface area contributed by atoms with E-state index in [4.69, 9.17) is 0 Å². The minimum absolute atomic E-state index is 0.141. The van der Waals surface area contributed by atoms with Gasteiger partial charge < -0.3 is 4.74 Å². The maximum Gasteiger partial charge on any atom is 0.387 e. The number of hydrogen-bond donors (Lipinski definition) is 0. The third-order valence-corrected chi connectivity index (χ3v) is 4.24. The van der Waals surface area contributed by atoms with Crippen LogP contribution in [0, 0.1) is 13.8 Å². The minimum atomic E-state index is -2.84. The second kappa shape index (κ2) is 4.86. The van der Waals surface area contributed by atoms with Crippen LogP contribution in [0.1, 0.15) is 10.6 Å². The summed E-state index contributed by atoms with van der Waals surface area (Å²) in [4.78, 5) is 6.53. The molecule has 0 radical (unpaired) electrons. The average molecular weight is 294 g/mol. The van der Waals surface area contributed by atoms with E-state index >= 15 is 0 Å². The van der Waals surface area contributed by atoms with E-state index in [0.717, 1.165) is 10.7 Å². The lowest BCUT2D eigenvalue weighted by molar-refractivity contribution is -0.0494. The first-order valence-electron chi connectivity index (χ1n) is 6.05. The summed E-state index contributed by atoms with van der Waals surface area (Å²) in [5, 5.41) is 0. The normalized spacial score (nSPS) is 11.4. The summed E-state index contributed by atoms with van der Waals surface area (Å²) >= 11 is 1.58. The maximum atomic E-state index is 12.4. The highest BCUT2D eigenvalue weighted by Crippen LogP contribution is 2.32. The largest absolute Gasteiger partial charge is 0.434 e. The molecule has 0 atom stereocenters. The molecule has 1 aromatic carbocycles. The molecule has 6 heteroatoms. The third kappa shape index (κ3) is 2.16. The molecule has 0 unspecified atom stereocenters. The molecule has 0 amide bonds. The molecular formula is C14H12F2N2OS. The van der Waals surface area contributed by atoms with Gasteiger partial charge in [-0.2, -0.15) is 8.78 Å². The number of fused-ring (bicyclic) bond motifs is 1. The number of thiazole rings is 1.